The van der Waals surface area contributed by atoms with Crippen LogP contribution in [0.5, 0.6) is 0 Å². The van der Waals surface area contributed by atoms with Gasteiger partial charge in [-0.05, 0) is 26.3 Å². The molecule has 0 bridgehead atoms. The van der Waals surface area contributed by atoms with Crippen LogP contribution in [0.4, 0.5) is 0 Å². The van der Waals surface area contributed by atoms with Crippen molar-refractivity contribution in [3.05, 3.63) is 23.0 Å². The lowest BCUT2D eigenvalue weighted by Crippen LogP contribution is -2.23. The summed E-state index contributed by atoms with van der Waals surface area (Å²) in [5.41, 5.74) is 1.61. The van der Waals surface area contributed by atoms with Crippen LogP contribution in [0.25, 0.3) is 0 Å². The highest BCUT2D eigenvalue weighted by molar-refractivity contribution is 5.96. The van der Waals surface area contributed by atoms with Gasteiger partial charge in [0, 0.05) is 29.5 Å². The fourth-order valence-electron chi connectivity index (χ4n) is 1.35. The van der Waals surface area contributed by atoms with Crippen LogP contribution >= 0.6 is 0 Å². The van der Waals surface area contributed by atoms with E-state index < -0.39 is 6.98 Å². The lowest BCUT2D eigenvalue weighted by molar-refractivity contribution is 0.0954. The van der Waals surface area contributed by atoms with Crippen molar-refractivity contribution in [3.63, 3.8) is 0 Å². The van der Waals surface area contributed by atoms with Crippen LogP contribution in [0.3, 0.4) is 0 Å². The van der Waals surface area contributed by atoms with E-state index in [0.717, 1.165) is 4.57 Å². The predicted octanol–water partition coefficient (Wildman–Crippen LogP) is 1.39. The van der Waals surface area contributed by atoms with Crippen molar-refractivity contribution in [1.29, 1.82) is 0 Å². The van der Waals surface area contributed by atoms with Gasteiger partial charge in [-0.1, -0.05) is 0 Å². The summed E-state index contributed by atoms with van der Waals surface area (Å²) in [6.07, 6.45) is 1.49. The smallest absolute Gasteiger partial charge is 0.253 e. The molecule has 1 amide bonds. The molecule has 0 fully saturated rings. The van der Waals surface area contributed by atoms with Crippen molar-refractivity contribution in [2.24, 2.45) is 6.98 Å². The maximum Gasteiger partial charge on any atom is 0.253 e. The summed E-state index contributed by atoms with van der Waals surface area (Å²) in [4.78, 5) is 11.7. The molecule has 0 spiro atoms. The quantitative estimate of drug-likeness (QED) is 0.738. The molecular formula is C10H16N2O. The van der Waals surface area contributed by atoms with Crippen LogP contribution in [-0.4, -0.2) is 17.0 Å². The van der Waals surface area contributed by atoms with E-state index in [1.165, 1.54) is 6.20 Å². The third-order valence-electron chi connectivity index (χ3n) is 2.00. The summed E-state index contributed by atoms with van der Waals surface area (Å²) in [6.45, 7) is 3.49. The molecule has 0 aliphatic rings. The van der Waals surface area contributed by atoms with Gasteiger partial charge in [0.1, 0.15) is 0 Å². The average Bonchev–Trinajstić information content (AvgIpc) is 2.41. The van der Waals surface area contributed by atoms with Gasteiger partial charge in [-0.25, -0.2) is 0 Å². The highest BCUT2D eigenvalue weighted by Crippen LogP contribution is 2.14. The molecule has 0 atom stereocenters. The second kappa shape index (κ2) is 3.64. The van der Waals surface area contributed by atoms with Crippen molar-refractivity contribution in [2.45, 2.75) is 20.8 Å². The van der Waals surface area contributed by atoms with Gasteiger partial charge in [0.2, 0.25) is 0 Å². The highest BCUT2D eigenvalue weighted by atomic mass is 16.1. The summed E-state index contributed by atoms with van der Waals surface area (Å²) >= 11 is 0. The summed E-state index contributed by atoms with van der Waals surface area (Å²) in [6, 6.07) is 0. The van der Waals surface area contributed by atoms with E-state index in [9.17, 15) is 4.79 Å². The van der Waals surface area contributed by atoms with E-state index in [1.54, 1.807) is 13.8 Å². The molecule has 0 aliphatic carbocycles. The minimum Gasteiger partial charge on any atom is -0.354 e. The second-order valence-electron chi connectivity index (χ2n) is 3.00. The zero-order valence-corrected chi connectivity index (χ0v) is 8.14. The third-order valence-corrected chi connectivity index (χ3v) is 2.00. The maximum absolute atomic E-state index is 11.7. The Morgan fingerprint density at radius 1 is 1.69 bits per heavy atom. The van der Waals surface area contributed by atoms with Crippen molar-refractivity contribution < 1.29 is 8.91 Å². The standard InChI is InChI=1S/C10H16N2O/c1-5-11-10(13)9-7(2)6-12(4)8(9)3/h6H,5H2,1-4H3,(H,11,13)/i4D3. The van der Waals surface area contributed by atoms with E-state index in [0.29, 0.717) is 23.4 Å². The first-order valence-electron chi connectivity index (χ1n) is 5.76. The van der Waals surface area contributed by atoms with Gasteiger partial charge < -0.3 is 9.88 Å². The topological polar surface area (TPSA) is 34.0 Å². The van der Waals surface area contributed by atoms with Crippen LogP contribution in [-0.2, 0) is 6.98 Å². The number of aromatic nitrogens is 1. The Morgan fingerprint density at radius 2 is 2.38 bits per heavy atom. The Bertz CT molecular complexity index is 407. The molecule has 1 N–H and O–H groups in total. The first kappa shape index (κ1) is 6.24. The molecule has 3 nitrogen and oxygen atoms in total. The van der Waals surface area contributed by atoms with E-state index >= 15 is 0 Å². The fraction of sp³-hybridized carbons (Fsp3) is 0.500. The van der Waals surface area contributed by atoms with Crippen molar-refractivity contribution in [2.75, 3.05) is 6.54 Å². The Hall–Kier alpha value is -1.25. The Balaban J connectivity index is 3.23. The van der Waals surface area contributed by atoms with Gasteiger partial charge in [-0.2, -0.15) is 0 Å². The minimum absolute atomic E-state index is 0.222. The number of carbonyl (C=O) groups excluding carboxylic acids is 1. The number of amides is 1. The molecule has 1 rings (SSSR count). The van der Waals surface area contributed by atoms with Crippen LogP contribution in [0.2, 0.25) is 0 Å². The Labute approximate surface area is 83.0 Å². The molecule has 0 aromatic carbocycles. The molecule has 0 radical (unpaired) electrons. The van der Waals surface area contributed by atoms with Gasteiger partial charge in [0.05, 0.1) is 5.56 Å². The molecule has 13 heavy (non-hydrogen) atoms. The number of hydrogen-bond donors (Lipinski definition) is 1. The first-order valence-corrected chi connectivity index (χ1v) is 4.26. The average molecular weight is 183 g/mol. The Kier molecular flexibility index (Phi) is 1.75. The summed E-state index contributed by atoms with van der Waals surface area (Å²) in [7, 11) is 0. The lowest BCUT2D eigenvalue weighted by Gasteiger charge is -2.03. The molecule has 3 heteroatoms. The molecule has 1 aromatic heterocycles. The van der Waals surface area contributed by atoms with Crippen molar-refractivity contribution in [1.82, 2.24) is 9.88 Å². The van der Waals surface area contributed by atoms with E-state index in [1.807, 2.05) is 6.92 Å². The summed E-state index contributed by atoms with van der Waals surface area (Å²) in [5.74, 6) is -0.222. The number of nitrogens with one attached hydrogen (secondary N) is 1. The summed E-state index contributed by atoms with van der Waals surface area (Å²) < 4.78 is 23.2. The van der Waals surface area contributed by atoms with E-state index in [4.69, 9.17) is 4.11 Å². The predicted molar refractivity (Wildman–Crippen MR) is 52.9 cm³/mol. The largest absolute Gasteiger partial charge is 0.354 e. The van der Waals surface area contributed by atoms with Crippen LogP contribution < -0.4 is 5.32 Å². The van der Waals surface area contributed by atoms with Gasteiger partial charge >= 0.3 is 0 Å². The molecule has 0 saturated heterocycles. The number of hydrogen-bond acceptors (Lipinski definition) is 1. The van der Waals surface area contributed by atoms with Crippen molar-refractivity contribution >= 4 is 5.91 Å². The number of rotatable bonds is 2. The molecular weight excluding hydrogens is 164 g/mol. The van der Waals surface area contributed by atoms with E-state index in [-0.39, 0.29) is 5.91 Å². The zero-order chi connectivity index (χ0) is 12.5. The maximum atomic E-state index is 11.7. The van der Waals surface area contributed by atoms with Gasteiger partial charge in [0.15, 0.2) is 0 Å². The molecule has 0 unspecified atom stereocenters. The van der Waals surface area contributed by atoms with Gasteiger partial charge in [-0.3, -0.25) is 4.79 Å². The number of nitrogens with zero attached hydrogens (tertiary/aromatic N) is 1. The molecule has 0 aliphatic heterocycles. The number of carbonyl (C=O) groups is 1. The monoisotopic (exact) mass is 183 g/mol. The molecule has 1 heterocycles. The zero-order valence-electron chi connectivity index (χ0n) is 11.1. The lowest BCUT2D eigenvalue weighted by atomic mass is 10.1. The first-order chi connectivity index (χ1) is 7.29. The third kappa shape index (κ3) is 1.74. The van der Waals surface area contributed by atoms with E-state index in [2.05, 4.69) is 5.32 Å². The van der Waals surface area contributed by atoms with Crippen LogP contribution in [0.15, 0.2) is 6.20 Å². The molecule has 72 valence electrons. The minimum atomic E-state index is -2.24. The van der Waals surface area contributed by atoms with Gasteiger partial charge in [-0.15, -0.1) is 0 Å². The molecule has 0 saturated carbocycles. The van der Waals surface area contributed by atoms with Crippen LogP contribution in [0, 0.1) is 13.8 Å². The van der Waals surface area contributed by atoms with Crippen molar-refractivity contribution in [3.8, 4) is 0 Å². The van der Waals surface area contributed by atoms with Crippen LogP contribution in [0.1, 0.15) is 32.7 Å². The number of aryl methyl sites for hydroxylation is 2. The SMILES string of the molecule is [2H]C([2H])([2H])n1cc(C)c(C(=O)NCC)c1C. The van der Waals surface area contributed by atoms with Gasteiger partial charge in [0.25, 0.3) is 5.91 Å². The second-order valence-corrected chi connectivity index (χ2v) is 3.00. The highest BCUT2D eigenvalue weighted by Gasteiger charge is 2.14. The normalized spacial score (nSPS) is 14.5. The fourth-order valence-corrected chi connectivity index (χ4v) is 1.35. The summed E-state index contributed by atoms with van der Waals surface area (Å²) in [5, 5.41) is 2.67. The molecule has 1 aromatic rings. The Morgan fingerprint density at radius 3 is 2.85 bits per heavy atom.